The number of benzene rings is 1. The van der Waals surface area contributed by atoms with Crippen molar-refractivity contribution in [2.24, 2.45) is 5.92 Å². The largest absolute Gasteiger partial charge is 0.483 e. The smallest absolute Gasteiger partial charge is 0.255 e. The van der Waals surface area contributed by atoms with Gasteiger partial charge in [0.05, 0.1) is 11.8 Å². The minimum Gasteiger partial charge on any atom is -0.483 e. The lowest BCUT2D eigenvalue weighted by Gasteiger charge is -2.36. The number of hydrogen-bond acceptors (Lipinski definition) is 7. The van der Waals surface area contributed by atoms with E-state index in [1.807, 2.05) is 25.7 Å². The van der Waals surface area contributed by atoms with Gasteiger partial charge in [-0.3, -0.25) is 14.4 Å². The lowest BCUT2D eigenvalue weighted by atomic mass is 9.94. The Morgan fingerprint density at radius 2 is 1.79 bits per heavy atom. The minimum atomic E-state index is -0.741. The number of ether oxygens (including phenoxy) is 1. The number of carbonyl (C=O) groups excluding carboxylic acids is 3. The molecule has 4 rings (SSSR count). The van der Waals surface area contributed by atoms with Gasteiger partial charge in [-0.15, -0.1) is 0 Å². The van der Waals surface area contributed by atoms with Gasteiger partial charge in [-0.2, -0.15) is 0 Å². The molecule has 0 unspecified atom stereocenters. The summed E-state index contributed by atoms with van der Waals surface area (Å²) in [6.45, 7) is 13.9. The fourth-order valence-electron chi connectivity index (χ4n) is 5.36. The normalized spacial score (nSPS) is 18.8. The molecule has 0 saturated carbocycles. The van der Waals surface area contributed by atoms with Gasteiger partial charge in [-0.1, -0.05) is 46.8 Å². The molecule has 0 bridgehead atoms. The Labute approximate surface area is 249 Å². The van der Waals surface area contributed by atoms with Crippen molar-refractivity contribution in [2.75, 3.05) is 39.8 Å². The number of piperazine rings is 1. The SMILES string of the molecule is CC(C)CC[C@@H](NC(=O)c1ccccc1OCc1ncc(C(C)(C)C)o1)C(=O)N1CCC[C@@H]1C(=O)N1CCN(C)CC1. The van der Waals surface area contributed by atoms with Gasteiger partial charge in [0.15, 0.2) is 6.61 Å². The second-order valence-electron chi connectivity index (χ2n) is 13.0. The van der Waals surface area contributed by atoms with Crippen LogP contribution in [0.1, 0.15) is 82.3 Å². The molecule has 2 saturated heterocycles. The van der Waals surface area contributed by atoms with Crippen molar-refractivity contribution >= 4 is 17.7 Å². The van der Waals surface area contributed by atoms with Gasteiger partial charge in [0.25, 0.3) is 5.91 Å². The highest BCUT2D eigenvalue weighted by atomic mass is 16.5. The van der Waals surface area contributed by atoms with Gasteiger partial charge < -0.3 is 29.2 Å². The summed E-state index contributed by atoms with van der Waals surface area (Å²) < 4.78 is 11.8. The quantitative estimate of drug-likeness (QED) is 0.454. The third-order valence-corrected chi connectivity index (χ3v) is 8.05. The third-order valence-electron chi connectivity index (χ3n) is 8.05. The molecule has 230 valence electrons. The third kappa shape index (κ3) is 7.91. The first-order valence-electron chi connectivity index (χ1n) is 15.2. The number of rotatable bonds is 10. The number of nitrogens with zero attached hydrogens (tertiary/aromatic N) is 4. The summed E-state index contributed by atoms with van der Waals surface area (Å²) in [5.41, 5.74) is 0.151. The summed E-state index contributed by atoms with van der Waals surface area (Å²) in [4.78, 5) is 51.1. The first-order valence-corrected chi connectivity index (χ1v) is 15.2. The highest BCUT2D eigenvalue weighted by molar-refractivity contribution is 6.00. The maximum Gasteiger partial charge on any atom is 0.255 e. The van der Waals surface area contributed by atoms with Crippen LogP contribution in [-0.4, -0.2) is 89.3 Å². The van der Waals surface area contributed by atoms with Crippen molar-refractivity contribution in [1.82, 2.24) is 25.0 Å². The molecule has 0 spiro atoms. The monoisotopic (exact) mass is 581 g/mol. The van der Waals surface area contributed by atoms with E-state index in [9.17, 15) is 14.4 Å². The predicted molar refractivity (Wildman–Crippen MR) is 160 cm³/mol. The zero-order valence-electron chi connectivity index (χ0n) is 26.0. The van der Waals surface area contributed by atoms with Gasteiger partial charge in [-0.25, -0.2) is 4.98 Å². The highest BCUT2D eigenvalue weighted by Crippen LogP contribution is 2.26. The maximum atomic E-state index is 13.9. The van der Waals surface area contributed by atoms with Crippen LogP contribution in [0.3, 0.4) is 0 Å². The number of hydrogen-bond donors (Lipinski definition) is 1. The van der Waals surface area contributed by atoms with Crippen molar-refractivity contribution in [3.8, 4) is 5.75 Å². The van der Waals surface area contributed by atoms with Crippen LogP contribution in [0.4, 0.5) is 0 Å². The Morgan fingerprint density at radius 3 is 2.45 bits per heavy atom. The van der Waals surface area contributed by atoms with Crippen LogP contribution in [0.5, 0.6) is 5.75 Å². The number of likely N-dealkylation sites (N-methyl/N-ethyl adjacent to an activating group) is 1. The second kappa shape index (κ2) is 13.7. The predicted octanol–water partition coefficient (Wildman–Crippen LogP) is 3.85. The van der Waals surface area contributed by atoms with E-state index in [2.05, 4.69) is 36.1 Å². The van der Waals surface area contributed by atoms with E-state index >= 15 is 0 Å². The molecule has 0 aliphatic carbocycles. The molecule has 3 heterocycles. The topological polar surface area (TPSA) is 108 Å². The lowest BCUT2D eigenvalue weighted by Crippen LogP contribution is -2.56. The molecule has 3 amide bonds. The van der Waals surface area contributed by atoms with Crippen LogP contribution < -0.4 is 10.1 Å². The fourth-order valence-corrected chi connectivity index (χ4v) is 5.36. The van der Waals surface area contributed by atoms with E-state index in [1.165, 1.54) is 0 Å². The van der Waals surface area contributed by atoms with E-state index < -0.39 is 18.0 Å². The number of para-hydroxylation sites is 1. The van der Waals surface area contributed by atoms with Crippen LogP contribution in [0, 0.1) is 5.92 Å². The Balaban J connectivity index is 1.46. The van der Waals surface area contributed by atoms with Crippen LogP contribution in [0.15, 0.2) is 34.9 Å². The molecule has 10 heteroatoms. The van der Waals surface area contributed by atoms with Crippen molar-refractivity contribution in [1.29, 1.82) is 0 Å². The number of oxazole rings is 1. The Hall–Kier alpha value is -3.40. The Morgan fingerprint density at radius 1 is 1.07 bits per heavy atom. The molecule has 2 atom stereocenters. The molecule has 2 fully saturated rings. The summed E-state index contributed by atoms with van der Waals surface area (Å²) in [5, 5.41) is 2.99. The van der Waals surface area contributed by atoms with E-state index in [0.29, 0.717) is 55.6 Å². The van der Waals surface area contributed by atoms with Crippen LogP contribution in [0.2, 0.25) is 0 Å². The first kappa shape index (κ1) is 31.5. The number of nitrogens with one attached hydrogen (secondary N) is 1. The van der Waals surface area contributed by atoms with E-state index in [1.54, 1.807) is 35.4 Å². The zero-order valence-corrected chi connectivity index (χ0v) is 26.0. The number of aromatic nitrogens is 1. The van der Waals surface area contributed by atoms with Crippen LogP contribution in [-0.2, 0) is 21.6 Å². The maximum absolute atomic E-state index is 13.9. The number of likely N-dealkylation sites (tertiary alicyclic amines) is 1. The Kier molecular flexibility index (Phi) is 10.3. The summed E-state index contributed by atoms with van der Waals surface area (Å²) in [7, 11) is 2.05. The van der Waals surface area contributed by atoms with Gasteiger partial charge in [0, 0.05) is 38.1 Å². The zero-order chi connectivity index (χ0) is 30.4. The van der Waals surface area contributed by atoms with Gasteiger partial charge in [-0.05, 0) is 50.8 Å². The van der Waals surface area contributed by atoms with Crippen LogP contribution >= 0.6 is 0 Å². The van der Waals surface area contributed by atoms with Crippen molar-refractivity contribution in [3.63, 3.8) is 0 Å². The Bertz CT molecular complexity index is 1230. The van der Waals surface area contributed by atoms with E-state index in [4.69, 9.17) is 9.15 Å². The lowest BCUT2D eigenvalue weighted by molar-refractivity contribution is -0.145. The first-order chi connectivity index (χ1) is 19.9. The summed E-state index contributed by atoms with van der Waals surface area (Å²) in [6.07, 6.45) is 4.37. The highest BCUT2D eigenvalue weighted by Gasteiger charge is 2.40. The molecule has 0 radical (unpaired) electrons. The summed E-state index contributed by atoms with van der Waals surface area (Å²) in [6, 6.07) is 5.74. The molecule has 1 N–H and O–H groups in total. The molecule has 2 aromatic rings. The standard InChI is InChI=1S/C32H47N5O5/c1-22(2)13-14-24(30(39)37-15-9-11-25(37)31(40)36-18-16-35(6)17-19-36)34-29(38)23-10-7-8-12-26(23)41-21-28-33-20-27(42-28)32(3,4)5/h7-8,10,12,20,22,24-25H,9,11,13-19,21H2,1-6H3,(H,34,38)/t24-,25-/m1/s1. The minimum absolute atomic E-state index is 0.0165. The van der Waals surface area contributed by atoms with E-state index in [0.717, 1.165) is 31.7 Å². The molecular formula is C32H47N5O5. The van der Waals surface area contributed by atoms with Crippen molar-refractivity contribution in [2.45, 2.75) is 84.4 Å². The molecule has 2 aliphatic rings. The second-order valence-corrected chi connectivity index (χ2v) is 13.0. The number of carbonyl (C=O) groups is 3. The van der Waals surface area contributed by atoms with Crippen LogP contribution in [0.25, 0.3) is 0 Å². The molecule has 42 heavy (non-hydrogen) atoms. The van der Waals surface area contributed by atoms with E-state index in [-0.39, 0.29) is 23.8 Å². The van der Waals surface area contributed by atoms with Crippen molar-refractivity contribution < 1.29 is 23.5 Å². The molecule has 1 aromatic heterocycles. The molecule has 1 aromatic carbocycles. The average molecular weight is 582 g/mol. The summed E-state index contributed by atoms with van der Waals surface area (Å²) in [5.74, 6) is 1.34. The average Bonchev–Trinajstić information content (AvgIpc) is 3.64. The van der Waals surface area contributed by atoms with Gasteiger partial charge in [0.2, 0.25) is 17.7 Å². The van der Waals surface area contributed by atoms with Gasteiger partial charge in [0.1, 0.15) is 23.6 Å². The van der Waals surface area contributed by atoms with Crippen molar-refractivity contribution in [3.05, 3.63) is 47.7 Å². The molecule has 2 aliphatic heterocycles. The number of amides is 3. The van der Waals surface area contributed by atoms with Gasteiger partial charge >= 0.3 is 0 Å². The fraction of sp³-hybridized carbons (Fsp3) is 0.625. The summed E-state index contributed by atoms with van der Waals surface area (Å²) >= 11 is 0. The molecular weight excluding hydrogens is 534 g/mol. The molecule has 10 nitrogen and oxygen atoms in total.